The van der Waals surface area contributed by atoms with E-state index in [1.165, 1.54) is 16.7 Å². The number of anilines is 1. The maximum atomic E-state index is 12.3. The molecule has 0 radical (unpaired) electrons. The molecule has 8 heteroatoms. The Kier molecular flexibility index (Phi) is 10.9. The number of carbonyl (C=O) groups excluding carboxylic acids is 3. The van der Waals surface area contributed by atoms with E-state index in [2.05, 4.69) is 16.0 Å². The fraction of sp³-hybridized carbons (Fsp3) is 0.591. The first kappa shape index (κ1) is 24.4. The lowest BCUT2D eigenvalue weighted by atomic mass is 10.1. The van der Waals surface area contributed by atoms with Gasteiger partial charge in [0.2, 0.25) is 17.7 Å². The molecule has 1 saturated heterocycles. The summed E-state index contributed by atoms with van der Waals surface area (Å²) in [6, 6.07) is 7.49. The molecule has 1 aromatic carbocycles. The first-order chi connectivity index (χ1) is 14.6. The second-order valence-corrected chi connectivity index (χ2v) is 8.47. The minimum atomic E-state index is -0.273. The van der Waals surface area contributed by atoms with Crippen molar-refractivity contribution >= 4 is 35.2 Å². The first-order valence-corrected chi connectivity index (χ1v) is 12.0. The van der Waals surface area contributed by atoms with Crippen LogP contribution in [0.3, 0.4) is 0 Å². The number of benzene rings is 1. The first-order valence-electron chi connectivity index (χ1n) is 10.7. The average molecular weight is 435 g/mol. The standard InChI is InChI=1S/C22H34N4O3S/c1-23-12-4-13-24-14-5-15-25-20(27)7-3-6-17-8-10-18(11-9-17)26-21(28)16-19(30-2)22(26)29/h8-11,19,23-24H,3-7,12-16H2,1-2H3,(H,25,27). The molecule has 0 aliphatic carbocycles. The van der Waals surface area contributed by atoms with Gasteiger partial charge in [0, 0.05) is 19.4 Å². The SMILES string of the molecule is CNCCCNCCCNC(=O)CCCc1ccc(N2C(=O)CC(SC)C2=O)cc1. The molecule has 3 amide bonds. The molecule has 7 nitrogen and oxygen atoms in total. The van der Waals surface area contributed by atoms with Crippen LogP contribution in [0, 0.1) is 0 Å². The summed E-state index contributed by atoms with van der Waals surface area (Å²) in [6.45, 7) is 3.61. The third-order valence-electron chi connectivity index (χ3n) is 5.09. The lowest BCUT2D eigenvalue weighted by Crippen LogP contribution is -2.31. The second kappa shape index (κ2) is 13.4. The predicted molar refractivity (Wildman–Crippen MR) is 123 cm³/mol. The Morgan fingerprint density at radius 3 is 2.40 bits per heavy atom. The van der Waals surface area contributed by atoms with Gasteiger partial charge in [0.25, 0.3) is 0 Å². The zero-order valence-electron chi connectivity index (χ0n) is 18.0. The minimum absolute atomic E-state index is 0.0816. The van der Waals surface area contributed by atoms with E-state index in [-0.39, 0.29) is 29.4 Å². The third-order valence-corrected chi connectivity index (χ3v) is 6.02. The summed E-state index contributed by atoms with van der Waals surface area (Å²) in [6.07, 6.45) is 6.20. The maximum absolute atomic E-state index is 12.3. The number of aryl methyl sites for hydroxylation is 1. The zero-order valence-corrected chi connectivity index (χ0v) is 18.9. The Morgan fingerprint density at radius 2 is 1.77 bits per heavy atom. The monoisotopic (exact) mass is 434 g/mol. The van der Waals surface area contributed by atoms with Crippen LogP contribution in [0.15, 0.2) is 24.3 Å². The van der Waals surface area contributed by atoms with Crippen LogP contribution in [0.2, 0.25) is 0 Å². The molecule has 0 saturated carbocycles. The molecule has 1 heterocycles. The molecule has 0 aromatic heterocycles. The normalized spacial score (nSPS) is 16.3. The molecule has 1 aromatic rings. The largest absolute Gasteiger partial charge is 0.356 e. The molecule has 1 aliphatic heterocycles. The van der Waals surface area contributed by atoms with Gasteiger partial charge < -0.3 is 16.0 Å². The molecule has 166 valence electrons. The van der Waals surface area contributed by atoms with E-state index in [4.69, 9.17) is 0 Å². The molecule has 1 aliphatic rings. The highest BCUT2D eigenvalue weighted by atomic mass is 32.2. The highest BCUT2D eigenvalue weighted by molar-refractivity contribution is 8.00. The fourth-order valence-corrected chi connectivity index (χ4v) is 3.99. The topological polar surface area (TPSA) is 90.5 Å². The van der Waals surface area contributed by atoms with E-state index in [1.807, 2.05) is 37.6 Å². The van der Waals surface area contributed by atoms with E-state index >= 15 is 0 Å². The number of thioether (sulfide) groups is 1. The lowest BCUT2D eigenvalue weighted by molar-refractivity contribution is -0.122. The highest BCUT2D eigenvalue weighted by Gasteiger charge is 2.38. The quantitative estimate of drug-likeness (QED) is 0.305. The van der Waals surface area contributed by atoms with Crippen LogP contribution in [0.25, 0.3) is 0 Å². The Balaban J connectivity index is 1.62. The van der Waals surface area contributed by atoms with Gasteiger partial charge in [-0.25, -0.2) is 4.90 Å². The van der Waals surface area contributed by atoms with Crippen LogP contribution in [-0.2, 0) is 20.8 Å². The number of hydrogen-bond donors (Lipinski definition) is 3. The fourth-order valence-electron chi connectivity index (χ4n) is 3.37. The van der Waals surface area contributed by atoms with Crippen LogP contribution in [0.4, 0.5) is 5.69 Å². The van der Waals surface area contributed by atoms with Gasteiger partial charge in [-0.1, -0.05) is 12.1 Å². The Morgan fingerprint density at radius 1 is 1.07 bits per heavy atom. The summed E-state index contributed by atoms with van der Waals surface area (Å²) >= 11 is 1.42. The number of amides is 3. The van der Waals surface area contributed by atoms with Crippen molar-refractivity contribution in [2.75, 3.05) is 44.4 Å². The number of rotatable bonds is 14. The summed E-state index contributed by atoms with van der Waals surface area (Å²) < 4.78 is 0. The van der Waals surface area contributed by atoms with Gasteiger partial charge >= 0.3 is 0 Å². The van der Waals surface area contributed by atoms with Crippen molar-refractivity contribution in [3.8, 4) is 0 Å². The second-order valence-electron chi connectivity index (χ2n) is 7.43. The van der Waals surface area contributed by atoms with Crippen molar-refractivity contribution in [3.05, 3.63) is 29.8 Å². The molecular weight excluding hydrogens is 400 g/mol. The molecule has 1 atom stereocenters. The molecule has 3 N–H and O–H groups in total. The lowest BCUT2D eigenvalue weighted by Gasteiger charge is -2.15. The van der Waals surface area contributed by atoms with Crippen LogP contribution in [-0.4, -0.2) is 62.5 Å². The molecule has 0 spiro atoms. The molecule has 1 unspecified atom stereocenters. The third kappa shape index (κ3) is 7.74. The van der Waals surface area contributed by atoms with Gasteiger partial charge in [-0.2, -0.15) is 11.8 Å². The van der Waals surface area contributed by atoms with Gasteiger partial charge in [-0.15, -0.1) is 0 Å². The summed E-state index contributed by atoms with van der Waals surface area (Å²) in [4.78, 5) is 37.6. The Bertz CT molecular complexity index is 696. The van der Waals surface area contributed by atoms with Crippen molar-refractivity contribution in [1.82, 2.24) is 16.0 Å². The molecule has 1 fully saturated rings. The van der Waals surface area contributed by atoms with Crippen molar-refractivity contribution in [2.24, 2.45) is 0 Å². The van der Waals surface area contributed by atoms with Crippen LogP contribution in [0.5, 0.6) is 0 Å². The molecule has 2 rings (SSSR count). The van der Waals surface area contributed by atoms with Crippen molar-refractivity contribution in [2.45, 2.75) is 43.8 Å². The predicted octanol–water partition coefficient (Wildman–Crippen LogP) is 1.71. The van der Waals surface area contributed by atoms with Crippen LogP contribution < -0.4 is 20.9 Å². The zero-order chi connectivity index (χ0) is 21.8. The summed E-state index contributed by atoms with van der Waals surface area (Å²) in [5, 5.41) is 9.16. The maximum Gasteiger partial charge on any atom is 0.247 e. The van der Waals surface area contributed by atoms with Gasteiger partial charge in [-0.05, 0) is 76.3 Å². The van der Waals surface area contributed by atoms with Gasteiger partial charge in [0.05, 0.1) is 10.9 Å². The van der Waals surface area contributed by atoms with Crippen molar-refractivity contribution in [1.29, 1.82) is 0 Å². The minimum Gasteiger partial charge on any atom is -0.356 e. The van der Waals surface area contributed by atoms with Crippen LogP contribution >= 0.6 is 11.8 Å². The van der Waals surface area contributed by atoms with Gasteiger partial charge in [0.1, 0.15) is 0 Å². The average Bonchev–Trinajstić information content (AvgIpc) is 3.04. The summed E-state index contributed by atoms with van der Waals surface area (Å²) in [5.41, 5.74) is 1.72. The van der Waals surface area contributed by atoms with Gasteiger partial charge in [0.15, 0.2) is 0 Å². The van der Waals surface area contributed by atoms with Gasteiger partial charge in [-0.3, -0.25) is 14.4 Å². The Labute approximate surface area is 183 Å². The number of carbonyl (C=O) groups is 3. The molecule has 0 bridgehead atoms. The van der Waals surface area contributed by atoms with E-state index in [0.717, 1.165) is 50.9 Å². The number of imide groups is 1. The molecule has 30 heavy (non-hydrogen) atoms. The van der Waals surface area contributed by atoms with Crippen molar-refractivity contribution < 1.29 is 14.4 Å². The Hall–Kier alpha value is -1.90. The summed E-state index contributed by atoms with van der Waals surface area (Å²) in [7, 11) is 1.95. The molecular formula is C22H34N4O3S. The smallest absolute Gasteiger partial charge is 0.247 e. The number of nitrogens with zero attached hydrogens (tertiary/aromatic N) is 1. The summed E-state index contributed by atoms with van der Waals surface area (Å²) in [5.74, 6) is -0.194. The highest BCUT2D eigenvalue weighted by Crippen LogP contribution is 2.28. The van der Waals surface area contributed by atoms with E-state index in [0.29, 0.717) is 18.7 Å². The van der Waals surface area contributed by atoms with E-state index in [1.54, 1.807) is 0 Å². The number of nitrogens with one attached hydrogen (secondary N) is 3. The number of hydrogen-bond acceptors (Lipinski definition) is 6. The van der Waals surface area contributed by atoms with Crippen molar-refractivity contribution in [3.63, 3.8) is 0 Å². The van der Waals surface area contributed by atoms with E-state index in [9.17, 15) is 14.4 Å². The van der Waals surface area contributed by atoms with Crippen LogP contribution in [0.1, 0.15) is 37.7 Å². The van der Waals surface area contributed by atoms with E-state index < -0.39 is 0 Å².